The van der Waals surface area contributed by atoms with E-state index in [0.29, 0.717) is 12.0 Å². The van der Waals surface area contributed by atoms with Crippen molar-refractivity contribution in [2.75, 3.05) is 13.2 Å². The fraction of sp³-hybridized carbons (Fsp3) is 0.483. The Morgan fingerprint density at radius 3 is 2.19 bits per heavy atom. The molecule has 2 saturated heterocycles. The molecule has 14 heteroatoms. The molecule has 2 fully saturated rings. The molecule has 4 rings (SSSR count). The highest BCUT2D eigenvalue weighted by Crippen LogP contribution is 2.29. The largest absolute Gasteiger partial charge is 0.508 e. The van der Waals surface area contributed by atoms with Crippen LogP contribution in [-0.4, -0.2) is 121 Å². The Bertz CT molecular complexity index is 1240. The molecule has 8 N–H and O–H groups in total. The van der Waals surface area contributed by atoms with Gasteiger partial charge in [-0.1, -0.05) is 18.2 Å². The fourth-order valence-electron chi connectivity index (χ4n) is 4.60. The van der Waals surface area contributed by atoms with Crippen LogP contribution in [0.15, 0.2) is 48.5 Å². The van der Waals surface area contributed by atoms with Crippen molar-refractivity contribution in [3.63, 3.8) is 0 Å². The van der Waals surface area contributed by atoms with Crippen molar-refractivity contribution in [2.24, 2.45) is 0 Å². The van der Waals surface area contributed by atoms with Gasteiger partial charge < -0.3 is 64.5 Å². The van der Waals surface area contributed by atoms with Gasteiger partial charge in [0.05, 0.1) is 19.3 Å². The zero-order valence-corrected chi connectivity index (χ0v) is 23.1. The predicted octanol–water partition coefficient (Wildman–Crippen LogP) is -0.722. The smallest absolute Gasteiger partial charge is 0.331 e. The summed E-state index contributed by atoms with van der Waals surface area (Å²) in [5.41, 5.74) is 1.18. The summed E-state index contributed by atoms with van der Waals surface area (Å²) in [6, 6.07) is 10.3. The van der Waals surface area contributed by atoms with Crippen molar-refractivity contribution in [3.8, 4) is 17.2 Å². The van der Waals surface area contributed by atoms with Crippen molar-refractivity contribution >= 4 is 12.0 Å². The van der Waals surface area contributed by atoms with Crippen LogP contribution in [0.4, 0.5) is 0 Å². The number of benzene rings is 2. The number of carbonyl (C=O) groups is 1. The molecule has 2 heterocycles. The first-order valence-electron chi connectivity index (χ1n) is 13.6. The Hall–Kier alpha value is -3.31. The molecule has 43 heavy (non-hydrogen) atoms. The molecule has 0 amide bonds. The topological polar surface area (TPSA) is 225 Å². The van der Waals surface area contributed by atoms with Gasteiger partial charge >= 0.3 is 5.97 Å². The fourth-order valence-corrected chi connectivity index (χ4v) is 4.60. The van der Waals surface area contributed by atoms with Gasteiger partial charge in [0.2, 0.25) is 0 Å². The number of phenols is 3. The van der Waals surface area contributed by atoms with Crippen LogP contribution in [0, 0.1) is 0 Å². The lowest BCUT2D eigenvalue weighted by molar-refractivity contribution is -0.328. The SMILES string of the molecule is C[C@H]1O[C@H](OC[C@@H]2O[C@@H](OCCc3ccc(O)cc3)[C@H](O)[C@@H](O)[C@@H]2OC(=O)C=Cc2ccc(O)c(O)c2)[C@H](O)[C@H](O)[C@H]1O. The van der Waals surface area contributed by atoms with E-state index in [0.717, 1.165) is 11.6 Å². The highest BCUT2D eigenvalue weighted by atomic mass is 16.7. The third-order valence-corrected chi connectivity index (χ3v) is 7.15. The predicted molar refractivity (Wildman–Crippen MR) is 145 cm³/mol. The lowest BCUT2D eigenvalue weighted by atomic mass is 9.98. The van der Waals surface area contributed by atoms with E-state index in [9.17, 15) is 45.6 Å². The molecule has 0 unspecified atom stereocenters. The monoisotopic (exact) mass is 608 g/mol. The van der Waals surface area contributed by atoms with Gasteiger partial charge in [-0.2, -0.15) is 0 Å². The molecule has 2 aromatic carbocycles. The molecular weight excluding hydrogens is 572 g/mol. The maximum absolute atomic E-state index is 12.7. The van der Waals surface area contributed by atoms with Crippen LogP contribution in [-0.2, 0) is 34.9 Å². The van der Waals surface area contributed by atoms with Gasteiger partial charge in [-0.25, -0.2) is 4.79 Å². The lowest BCUT2D eigenvalue weighted by Gasteiger charge is -2.43. The van der Waals surface area contributed by atoms with Gasteiger partial charge in [-0.15, -0.1) is 0 Å². The molecule has 0 aliphatic carbocycles. The molecule has 0 aromatic heterocycles. The van der Waals surface area contributed by atoms with E-state index < -0.39 is 79.7 Å². The molecule has 2 aliphatic heterocycles. The van der Waals surface area contributed by atoms with E-state index in [-0.39, 0.29) is 18.1 Å². The molecule has 2 aliphatic rings. The van der Waals surface area contributed by atoms with E-state index in [1.54, 1.807) is 12.1 Å². The number of aliphatic hydroxyl groups excluding tert-OH is 5. The number of aliphatic hydroxyl groups is 5. The molecule has 14 nitrogen and oxygen atoms in total. The summed E-state index contributed by atoms with van der Waals surface area (Å²) in [6.07, 6.45) is -11.7. The van der Waals surface area contributed by atoms with Crippen molar-refractivity contribution in [2.45, 2.75) is 74.8 Å². The molecule has 0 radical (unpaired) electrons. The van der Waals surface area contributed by atoms with E-state index in [4.69, 9.17) is 23.7 Å². The summed E-state index contributed by atoms with van der Waals surface area (Å²) in [6.45, 7) is 1.05. The van der Waals surface area contributed by atoms with Crippen LogP contribution >= 0.6 is 0 Å². The van der Waals surface area contributed by atoms with Crippen LogP contribution in [0.3, 0.4) is 0 Å². The lowest BCUT2D eigenvalue weighted by Crippen LogP contribution is -2.62. The summed E-state index contributed by atoms with van der Waals surface area (Å²) in [7, 11) is 0. The van der Waals surface area contributed by atoms with Crippen LogP contribution in [0.5, 0.6) is 17.2 Å². The van der Waals surface area contributed by atoms with Crippen LogP contribution in [0.2, 0.25) is 0 Å². The second-order valence-electron chi connectivity index (χ2n) is 10.3. The van der Waals surface area contributed by atoms with Crippen molar-refractivity contribution in [1.82, 2.24) is 0 Å². The highest BCUT2D eigenvalue weighted by Gasteiger charge is 2.49. The zero-order valence-electron chi connectivity index (χ0n) is 23.1. The third kappa shape index (κ3) is 8.20. The van der Waals surface area contributed by atoms with Gasteiger partial charge in [-0.3, -0.25) is 0 Å². The Balaban J connectivity index is 1.45. The third-order valence-electron chi connectivity index (χ3n) is 7.15. The average molecular weight is 609 g/mol. The number of carbonyl (C=O) groups excluding carboxylic acids is 1. The van der Waals surface area contributed by atoms with Crippen molar-refractivity contribution in [3.05, 3.63) is 59.7 Å². The molecule has 2 aromatic rings. The van der Waals surface area contributed by atoms with Crippen LogP contribution in [0.1, 0.15) is 18.1 Å². The number of aromatic hydroxyl groups is 3. The molecule has 10 atom stereocenters. The highest BCUT2D eigenvalue weighted by molar-refractivity contribution is 5.87. The second-order valence-corrected chi connectivity index (χ2v) is 10.3. The normalized spacial score (nSPS) is 33.0. The minimum Gasteiger partial charge on any atom is -0.508 e. The summed E-state index contributed by atoms with van der Waals surface area (Å²) in [4.78, 5) is 12.7. The summed E-state index contributed by atoms with van der Waals surface area (Å²) in [5.74, 6) is -1.60. The molecule has 0 saturated carbocycles. The maximum atomic E-state index is 12.7. The van der Waals surface area contributed by atoms with Gasteiger partial charge in [0.25, 0.3) is 0 Å². The standard InChI is InChI=1S/C29H36O14/c1-14-22(34)23(35)25(37)29(41-14)40-13-20-27(43-21(33)9-5-16-4-8-18(31)19(32)12-16)24(36)26(38)28(42-20)39-11-10-15-2-6-17(30)7-3-15/h2-9,12,14,20,22-32,34-38H,10-11,13H2,1H3/t14-,20+,22+,23-,24-,25-,26-,27-,28-,29+/m1/s1. The Morgan fingerprint density at radius 2 is 1.49 bits per heavy atom. The molecule has 0 bridgehead atoms. The number of esters is 1. The van der Waals surface area contributed by atoms with Crippen LogP contribution in [0.25, 0.3) is 6.08 Å². The first-order chi connectivity index (χ1) is 20.4. The zero-order chi connectivity index (χ0) is 31.3. The van der Waals surface area contributed by atoms with E-state index >= 15 is 0 Å². The van der Waals surface area contributed by atoms with E-state index in [2.05, 4.69) is 0 Å². The number of ether oxygens (including phenoxy) is 5. The van der Waals surface area contributed by atoms with E-state index in [1.165, 1.54) is 43.3 Å². The van der Waals surface area contributed by atoms with E-state index in [1.807, 2.05) is 0 Å². The summed E-state index contributed by atoms with van der Waals surface area (Å²) >= 11 is 0. The number of rotatable bonds is 10. The first kappa shape index (κ1) is 32.6. The van der Waals surface area contributed by atoms with Crippen molar-refractivity contribution in [1.29, 1.82) is 0 Å². The molecular formula is C29H36O14. The second kappa shape index (κ2) is 14.4. The molecule has 236 valence electrons. The minimum absolute atomic E-state index is 0.0471. The Labute approximate surface area is 246 Å². The maximum Gasteiger partial charge on any atom is 0.331 e. The van der Waals surface area contributed by atoms with Crippen LogP contribution < -0.4 is 0 Å². The van der Waals surface area contributed by atoms with Crippen molar-refractivity contribution < 1.29 is 69.3 Å². The van der Waals surface area contributed by atoms with Gasteiger partial charge in [0.1, 0.15) is 42.4 Å². The summed E-state index contributed by atoms with van der Waals surface area (Å²) < 4.78 is 27.9. The Kier molecular flexibility index (Phi) is 10.9. The van der Waals surface area contributed by atoms with Gasteiger partial charge in [0.15, 0.2) is 30.2 Å². The number of hydrogen-bond donors (Lipinski definition) is 8. The number of phenolic OH excluding ortho intramolecular Hbond substituents is 3. The quantitative estimate of drug-likeness (QED) is 0.0947. The number of hydrogen-bond acceptors (Lipinski definition) is 14. The average Bonchev–Trinajstić information content (AvgIpc) is 2.98. The van der Waals surface area contributed by atoms with Gasteiger partial charge in [-0.05, 0) is 54.8 Å². The first-order valence-corrected chi connectivity index (χ1v) is 13.6. The molecule has 0 spiro atoms. The minimum atomic E-state index is -1.71. The van der Waals surface area contributed by atoms with Gasteiger partial charge in [0, 0.05) is 6.08 Å². The Morgan fingerprint density at radius 1 is 0.814 bits per heavy atom. The summed E-state index contributed by atoms with van der Waals surface area (Å²) in [5, 5.41) is 80.6.